The number of hydrogen-bond acceptors (Lipinski definition) is 20. The molecule has 4 saturated heterocycles. The standard InChI is InChI=1S/C50H80O20/c1-8-22(3)35(53)44(61)66-32-20-64-47(43(38(32)56)69-46-42(60)39(57)36(54)24(5)65-46)68-33-16-26(52)15-25-9-10-27-28(49(25,33)7)12-13-48(6)29(27)17-30-34(48)23(4)50(62,70-30)14-11-21(2)19-63-45-41(59)40(58)37(55)31(18-51)67-45/h9,22-24,26-43,45-47,51-60,62H,2,8,10-20H2,1,3-7H3/t22-,23-,24-,26+,27+,28-,29-,30-,31+,32-,33+,34-,35-,36-,37+,38-,39+,40-,41+,42+,43+,45+,46-,47-,48-,49-,50+/m0/s1. The first-order chi connectivity index (χ1) is 33.0. The van der Waals surface area contributed by atoms with Gasteiger partial charge in [0.25, 0.3) is 0 Å². The van der Waals surface area contributed by atoms with Crippen molar-refractivity contribution in [1.82, 2.24) is 0 Å². The van der Waals surface area contributed by atoms with E-state index in [4.69, 9.17) is 37.9 Å². The molecule has 0 amide bonds. The summed E-state index contributed by atoms with van der Waals surface area (Å²) in [7, 11) is 0. The summed E-state index contributed by atoms with van der Waals surface area (Å²) in [6.07, 6.45) is -16.1. The normalized spacial score (nSPS) is 51.0. The van der Waals surface area contributed by atoms with E-state index in [-0.39, 0.29) is 67.2 Å². The van der Waals surface area contributed by atoms with Gasteiger partial charge >= 0.3 is 5.97 Å². The highest BCUT2D eigenvalue weighted by atomic mass is 16.8. The van der Waals surface area contributed by atoms with Gasteiger partial charge < -0.3 is 94.1 Å². The highest BCUT2D eigenvalue weighted by molar-refractivity contribution is 5.75. The van der Waals surface area contributed by atoms with Gasteiger partial charge in [-0.3, -0.25) is 0 Å². The van der Waals surface area contributed by atoms with Crippen LogP contribution in [0.25, 0.3) is 0 Å². The van der Waals surface area contributed by atoms with Crippen LogP contribution in [0.3, 0.4) is 0 Å². The molecule has 0 aromatic carbocycles. The summed E-state index contributed by atoms with van der Waals surface area (Å²) in [5.74, 6) is -2.53. The minimum absolute atomic E-state index is 0.0450. The lowest BCUT2D eigenvalue weighted by Gasteiger charge is -2.60. The third-order valence-electron chi connectivity index (χ3n) is 18.5. The third-order valence-corrected chi connectivity index (χ3v) is 18.5. The van der Waals surface area contributed by atoms with Gasteiger partial charge in [-0.05, 0) is 80.5 Å². The summed E-state index contributed by atoms with van der Waals surface area (Å²) in [5.41, 5.74) is 0.844. The van der Waals surface area contributed by atoms with E-state index in [1.54, 1.807) is 6.92 Å². The average molecular weight is 1000 g/mol. The van der Waals surface area contributed by atoms with Crippen LogP contribution in [-0.2, 0) is 42.7 Å². The Bertz CT molecular complexity index is 1870. The Hall–Kier alpha value is -1.77. The van der Waals surface area contributed by atoms with Crippen LogP contribution in [0.15, 0.2) is 23.8 Å². The number of allylic oxidation sites excluding steroid dienone is 1. The lowest BCUT2D eigenvalue weighted by Crippen LogP contribution is -2.64. The molecule has 20 nitrogen and oxygen atoms in total. The number of fused-ring (bicyclic) bond motifs is 7. The first-order valence-electron chi connectivity index (χ1n) is 25.5. The second kappa shape index (κ2) is 21.1. The molecule has 4 aliphatic heterocycles. The van der Waals surface area contributed by atoms with Crippen LogP contribution in [0, 0.1) is 46.3 Å². The van der Waals surface area contributed by atoms with E-state index >= 15 is 0 Å². The van der Waals surface area contributed by atoms with Crippen molar-refractivity contribution < 1.29 is 98.9 Å². The number of aliphatic hydroxyl groups is 11. The molecule has 4 heterocycles. The SMILES string of the molecule is C=C(CC[C@@]1(O)O[C@H]2C[C@H]3[C@@H]4CC=C5C[C@@H](O)C[C@@H](O[C@@H]6OC[C@H](OC(=O)[C@@H](O)[C@@H](C)CC)[C@H](O)[C@H]6O[C@@H]6O[C@@H](C)[C@H](O)[C@@H](O)[C@H]6O)[C@]5(C)[C@H]4CC[C@]3(C)[C@H]2[C@@H]1C)CO[C@@H]1O[C@H](CO)[C@@H](O)[C@H](O)[C@H]1O. The van der Waals surface area contributed by atoms with Gasteiger partial charge in [-0.2, -0.15) is 0 Å². The predicted octanol–water partition coefficient (Wildman–Crippen LogP) is -0.344. The van der Waals surface area contributed by atoms with E-state index in [1.165, 1.54) is 6.92 Å². The minimum atomic E-state index is -1.74. The van der Waals surface area contributed by atoms with Gasteiger partial charge in [0.2, 0.25) is 0 Å². The number of carbonyl (C=O) groups excluding carboxylic acids is 1. The first-order valence-corrected chi connectivity index (χ1v) is 25.5. The Balaban J connectivity index is 0.960. The van der Waals surface area contributed by atoms with E-state index in [0.29, 0.717) is 24.8 Å². The number of hydrogen-bond donors (Lipinski definition) is 11. The maximum absolute atomic E-state index is 13.0. The second-order valence-electron chi connectivity index (χ2n) is 22.5. The number of rotatable bonds is 15. The van der Waals surface area contributed by atoms with Crippen LogP contribution in [0.1, 0.15) is 99.3 Å². The monoisotopic (exact) mass is 1000 g/mol. The molecule has 27 atom stereocenters. The van der Waals surface area contributed by atoms with E-state index in [0.717, 1.165) is 31.3 Å². The van der Waals surface area contributed by atoms with Crippen molar-refractivity contribution in [2.24, 2.45) is 46.3 Å². The number of aliphatic hydroxyl groups excluding tert-OH is 10. The molecule has 7 fully saturated rings. The van der Waals surface area contributed by atoms with Crippen LogP contribution in [-0.4, -0.2) is 198 Å². The molecule has 4 aliphatic carbocycles. The van der Waals surface area contributed by atoms with Gasteiger partial charge in [-0.15, -0.1) is 0 Å². The smallest absolute Gasteiger partial charge is 0.335 e. The van der Waals surface area contributed by atoms with Crippen LogP contribution < -0.4 is 0 Å². The lowest BCUT2D eigenvalue weighted by molar-refractivity contribution is -0.363. The van der Waals surface area contributed by atoms with Crippen LogP contribution >= 0.6 is 0 Å². The maximum atomic E-state index is 13.0. The Morgan fingerprint density at radius 2 is 1.60 bits per heavy atom. The zero-order valence-corrected chi connectivity index (χ0v) is 41.2. The second-order valence-corrected chi connectivity index (χ2v) is 22.5. The maximum Gasteiger partial charge on any atom is 0.335 e. The highest BCUT2D eigenvalue weighted by Gasteiger charge is 2.69. The van der Waals surface area contributed by atoms with Gasteiger partial charge in [-0.1, -0.05) is 64.8 Å². The fraction of sp³-hybridized carbons (Fsp3) is 0.900. The zero-order valence-electron chi connectivity index (χ0n) is 41.2. The fourth-order valence-electron chi connectivity index (χ4n) is 13.9. The largest absolute Gasteiger partial charge is 0.455 e. The molecular weight excluding hydrogens is 921 g/mol. The summed E-state index contributed by atoms with van der Waals surface area (Å²) in [6, 6.07) is 0. The van der Waals surface area contributed by atoms with Crippen molar-refractivity contribution in [3.8, 4) is 0 Å². The quantitative estimate of drug-likeness (QED) is 0.0738. The summed E-state index contributed by atoms with van der Waals surface area (Å²) >= 11 is 0. The number of carbonyl (C=O) groups is 1. The zero-order chi connectivity index (χ0) is 50.9. The van der Waals surface area contributed by atoms with Crippen molar-refractivity contribution in [3.63, 3.8) is 0 Å². The first kappa shape index (κ1) is 54.5. The Morgan fingerprint density at radius 3 is 2.30 bits per heavy atom. The molecule has 20 heteroatoms. The summed E-state index contributed by atoms with van der Waals surface area (Å²) in [5, 5.41) is 118. The van der Waals surface area contributed by atoms with Crippen LogP contribution in [0.2, 0.25) is 0 Å². The van der Waals surface area contributed by atoms with Crippen LogP contribution in [0.5, 0.6) is 0 Å². The van der Waals surface area contributed by atoms with E-state index in [2.05, 4.69) is 26.5 Å². The van der Waals surface area contributed by atoms with Gasteiger partial charge in [0.1, 0.15) is 54.9 Å². The van der Waals surface area contributed by atoms with Crippen molar-refractivity contribution in [2.45, 2.75) is 216 Å². The molecule has 0 aromatic rings. The summed E-state index contributed by atoms with van der Waals surface area (Å²) in [4.78, 5) is 13.0. The molecule has 0 aromatic heterocycles. The third kappa shape index (κ3) is 9.72. The van der Waals surface area contributed by atoms with Gasteiger partial charge in [0, 0.05) is 24.2 Å². The van der Waals surface area contributed by atoms with Crippen molar-refractivity contribution in [2.75, 3.05) is 19.8 Å². The summed E-state index contributed by atoms with van der Waals surface area (Å²) < 4.78 is 48.6. The number of esters is 1. The molecule has 70 heavy (non-hydrogen) atoms. The Kier molecular flexibility index (Phi) is 16.4. The number of ether oxygens (including phenoxy) is 8. The molecule has 8 aliphatic rings. The Labute approximate surface area is 409 Å². The molecule has 3 saturated carbocycles. The van der Waals surface area contributed by atoms with Crippen LogP contribution in [0.4, 0.5) is 0 Å². The van der Waals surface area contributed by atoms with Gasteiger partial charge in [-0.25, -0.2) is 4.79 Å². The van der Waals surface area contributed by atoms with E-state index in [1.807, 2.05) is 13.8 Å². The molecular formula is C50H80O20. The predicted molar refractivity (Wildman–Crippen MR) is 242 cm³/mol. The fourth-order valence-corrected chi connectivity index (χ4v) is 13.9. The minimum Gasteiger partial charge on any atom is -0.455 e. The average Bonchev–Trinajstić information content (AvgIpc) is 3.77. The van der Waals surface area contributed by atoms with Gasteiger partial charge in [0.15, 0.2) is 36.9 Å². The molecule has 0 unspecified atom stereocenters. The molecule has 0 spiro atoms. The highest BCUT2D eigenvalue weighted by Crippen LogP contribution is 2.70. The molecule has 11 N–H and O–H groups in total. The summed E-state index contributed by atoms with van der Waals surface area (Å²) in [6.45, 7) is 14.6. The van der Waals surface area contributed by atoms with E-state index < -0.39 is 134 Å². The van der Waals surface area contributed by atoms with Crippen molar-refractivity contribution in [3.05, 3.63) is 23.8 Å². The van der Waals surface area contributed by atoms with Crippen molar-refractivity contribution in [1.29, 1.82) is 0 Å². The van der Waals surface area contributed by atoms with Gasteiger partial charge in [0.05, 0.1) is 44.2 Å². The Morgan fingerprint density at radius 1 is 0.900 bits per heavy atom. The van der Waals surface area contributed by atoms with Crippen molar-refractivity contribution >= 4 is 5.97 Å². The molecule has 0 bridgehead atoms. The van der Waals surface area contributed by atoms with E-state index in [9.17, 15) is 61.0 Å². The molecule has 0 radical (unpaired) electrons. The lowest BCUT2D eigenvalue weighted by atomic mass is 9.46. The topological polar surface area (TPSA) is 313 Å². The molecule has 8 rings (SSSR count). The molecule has 400 valence electrons.